The van der Waals surface area contributed by atoms with Crippen LogP contribution in [0.25, 0.3) is 11.3 Å². The Kier molecular flexibility index (Phi) is 6.34. The summed E-state index contributed by atoms with van der Waals surface area (Å²) < 4.78 is 30.7. The maximum Gasteiger partial charge on any atom is 0.260 e. The fourth-order valence-electron chi connectivity index (χ4n) is 5.76. The molecule has 0 atom stereocenters. The highest BCUT2D eigenvalue weighted by molar-refractivity contribution is 7.89. The van der Waals surface area contributed by atoms with Crippen LogP contribution in [0.3, 0.4) is 0 Å². The van der Waals surface area contributed by atoms with Gasteiger partial charge in [0, 0.05) is 37.6 Å². The van der Waals surface area contributed by atoms with Crippen LogP contribution in [-0.2, 0) is 16.6 Å². The molecule has 0 spiro atoms. The van der Waals surface area contributed by atoms with Crippen molar-refractivity contribution in [3.8, 4) is 11.3 Å². The molecule has 0 radical (unpaired) electrons. The molecule has 33 heavy (non-hydrogen) atoms. The molecule has 174 valence electrons. The average molecular weight is 465 g/mol. The second kappa shape index (κ2) is 9.39. The van der Waals surface area contributed by atoms with Gasteiger partial charge in [-0.15, -0.1) is 0 Å². The minimum absolute atomic E-state index is 0.109. The second-order valence-electron chi connectivity index (χ2n) is 9.53. The Hall–Kier alpha value is -2.51. The number of hydrogen-bond acceptors (Lipinski definition) is 4. The van der Waals surface area contributed by atoms with E-state index < -0.39 is 10.0 Å². The van der Waals surface area contributed by atoms with Crippen LogP contribution >= 0.6 is 0 Å². The lowest BCUT2D eigenvalue weighted by Gasteiger charge is -2.47. The number of aromatic nitrogens is 3. The molecule has 7 heteroatoms. The summed E-state index contributed by atoms with van der Waals surface area (Å²) in [6, 6.07) is 17.0. The molecule has 3 heterocycles. The Balaban J connectivity index is 1.36. The summed E-state index contributed by atoms with van der Waals surface area (Å²) in [4.78, 5) is 4.53. The highest BCUT2D eigenvalue weighted by atomic mass is 32.2. The molecule has 6 nitrogen and oxygen atoms in total. The molecule has 5 rings (SSSR count). The van der Waals surface area contributed by atoms with Gasteiger partial charge in [-0.05, 0) is 55.2 Å². The largest absolute Gasteiger partial charge is 0.272 e. The standard InChI is InChI=1S/C26H32N4O2S/c31-33(32,25-14-7-13-24(28-25)22-9-3-1-4-10-22)30-19-15-26(16-20-30,21-29-18-8-17-27-29)23-11-5-2-6-12-23/h1,3-4,7-10,13-14,17-18,23H,2,5-6,11-12,15-16,19-21H2. The van der Waals surface area contributed by atoms with Gasteiger partial charge < -0.3 is 0 Å². The van der Waals surface area contributed by atoms with Crippen LogP contribution < -0.4 is 0 Å². The number of rotatable bonds is 6. The lowest BCUT2D eigenvalue weighted by Crippen LogP contribution is -2.48. The molecular weight excluding hydrogens is 432 g/mol. The van der Waals surface area contributed by atoms with Crippen LogP contribution in [-0.4, -0.2) is 40.6 Å². The molecule has 2 aromatic heterocycles. The van der Waals surface area contributed by atoms with Crippen LogP contribution in [0.2, 0.25) is 0 Å². The third-order valence-electron chi connectivity index (χ3n) is 7.62. The van der Waals surface area contributed by atoms with Gasteiger partial charge in [0.15, 0.2) is 5.03 Å². The van der Waals surface area contributed by atoms with Gasteiger partial charge in [-0.25, -0.2) is 13.4 Å². The molecule has 3 aromatic rings. The Labute approximate surface area is 196 Å². The van der Waals surface area contributed by atoms with Gasteiger partial charge in [0.05, 0.1) is 5.69 Å². The third-order valence-corrected chi connectivity index (χ3v) is 9.42. The summed E-state index contributed by atoms with van der Waals surface area (Å²) in [5.41, 5.74) is 1.71. The highest BCUT2D eigenvalue weighted by Gasteiger charge is 2.44. The summed E-state index contributed by atoms with van der Waals surface area (Å²) in [7, 11) is -3.64. The molecule has 1 aromatic carbocycles. The van der Waals surface area contributed by atoms with Gasteiger partial charge in [-0.3, -0.25) is 4.68 Å². The van der Waals surface area contributed by atoms with Gasteiger partial charge in [0.1, 0.15) is 0 Å². The topological polar surface area (TPSA) is 68.1 Å². The first-order valence-electron chi connectivity index (χ1n) is 12.1. The van der Waals surface area contributed by atoms with Crippen LogP contribution in [0, 0.1) is 11.3 Å². The van der Waals surface area contributed by atoms with Gasteiger partial charge in [0.2, 0.25) is 0 Å². The predicted molar refractivity (Wildman–Crippen MR) is 129 cm³/mol. The highest BCUT2D eigenvalue weighted by Crippen LogP contribution is 2.47. The van der Waals surface area contributed by atoms with Crippen molar-refractivity contribution < 1.29 is 8.42 Å². The van der Waals surface area contributed by atoms with E-state index in [2.05, 4.69) is 10.1 Å². The van der Waals surface area contributed by atoms with E-state index in [0.29, 0.717) is 24.7 Å². The van der Waals surface area contributed by atoms with Crippen molar-refractivity contribution >= 4 is 10.0 Å². The fraction of sp³-hybridized carbons (Fsp3) is 0.462. The van der Waals surface area contributed by atoms with Crippen molar-refractivity contribution in [1.29, 1.82) is 0 Å². The van der Waals surface area contributed by atoms with Gasteiger partial charge in [-0.1, -0.05) is 55.7 Å². The summed E-state index contributed by atoms with van der Waals surface area (Å²) in [6.07, 6.45) is 12.0. The van der Waals surface area contributed by atoms with E-state index in [9.17, 15) is 8.42 Å². The Morgan fingerprint density at radius 3 is 2.36 bits per heavy atom. The number of nitrogens with zero attached hydrogens (tertiary/aromatic N) is 4. The van der Waals surface area contributed by atoms with E-state index in [1.807, 2.05) is 59.5 Å². The first-order valence-corrected chi connectivity index (χ1v) is 13.5. The SMILES string of the molecule is O=S(=O)(c1cccc(-c2ccccc2)n1)N1CCC(Cn2cccn2)(C2CCCCC2)CC1. The smallest absolute Gasteiger partial charge is 0.260 e. The van der Waals surface area contributed by atoms with E-state index in [1.54, 1.807) is 16.4 Å². The maximum atomic E-state index is 13.5. The summed E-state index contributed by atoms with van der Waals surface area (Å²) in [6.45, 7) is 1.95. The molecule has 2 fully saturated rings. The summed E-state index contributed by atoms with van der Waals surface area (Å²) in [5.74, 6) is 0.639. The Morgan fingerprint density at radius 1 is 0.909 bits per heavy atom. The van der Waals surface area contributed by atoms with E-state index in [0.717, 1.165) is 24.9 Å². The van der Waals surface area contributed by atoms with E-state index in [4.69, 9.17) is 0 Å². The van der Waals surface area contributed by atoms with Gasteiger partial charge in [-0.2, -0.15) is 9.40 Å². The van der Waals surface area contributed by atoms with Crippen molar-refractivity contribution in [2.75, 3.05) is 13.1 Å². The number of benzene rings is 1. The Morgan fingerprint density at radius 2 is 1.67 bits per heavy atom. The number of piperidine rings is 1. The molecule has 0 unspecified atom stereocenters. The number of sulfonamides is 1. The lowest BCUT2D eigenvalue weighted by molar-refractivity contribution is 0.0322. The van der Waals surface area contributed by atoms with Crippen molar-refractivity contribution in [3.05, 3.63) is 67.0 Å². The molecule has 1 aliphatic carbocycles. The molecule has 0 amide bonds. The fourth-order valence-corrected chi connectivity index (χ4v) is 7.15. The third kappa shape index (κ3) is 4.62. The zero-order chi connectivity index (χ0) is 22.7. The zero-order valence-corrected chi connectivity index (χ0v) is 19.8. The zero-order valence-electron chi connectivity index (χ0n) is 19.0. The maximum absolute atomic E-state index is 13.5. The molecule has 0 bridgehead atoms. The van der Waals surface area contributed by atoms with Crippen molar-refractivity contribution in [3.63, 3.8) is 0 Å². The predicted octanol–water partition coefficient (Wildman–Crippen LogP) is 5.00. The molecule has 1 aliphatic heterocycles. The van der Waals surface area contributed by atoms with Crippen molar-refractivity contribution in [2.45, 2.75) is 56.5 Å². The second-order valence-corrected chi connectivity index (χ2v) is 11.4. The summed E-state index contributed by atoms with van der Waals surface area (Å²) >= 11 is 0. The van der Waals surface area contributed by atoms with Crippen LogP contribution in [0.4, 0.5) is 0 Å². The van der Waals surface area contributed by atoms with Crippen molar-refractivity contribution in [1.82, 2.24) is 19.1 Å². The van der Waals surface area contributed by atoms with Crippen LogP contribution in [0.15, 0.2) is 72.0 Å². The quantitative estimate of drug-likeness (QED) is 0.515. The monoisotopic (exact) mass is 464 g/mol. The number of pyridine rings is 1. The average Bonchev–Trinajstić information content (AvgIpc) is 3.38. The molecule has 1 saturated heterocycles. The van der Waals surface area contributed by atoms with E-state index in [1.165, 1.54) is 32.1 Å². The molecule has 0 N–H and O–H groups in total. The minimum Gasteiger partial charge on any atom is -0.272 e. The molecular formula is C26H32N4O2S. The molecule has 2 aliphatic rings. The normalized spacial score (nSPS) is 20.0. The van der Waals surface area contributed by atoms with Gasteiger partial charge >= 0.3 is 0 Å². The lowest BCUT2D eigenvalue weighted by atomic mass is 9.64. The summed E-state index contributed by atoms with van der Waals surface area (Å²) in [5, 5.41) is 4.62. The minimum atomic E-state index is -3.64. The number of hydrogen-bond donors (Lipinski definition) is 0. The van der Waals surface area contributed by atoms with E-state index in [-0.39, 0.29) is 10.4 Å². The van der Waals surface area contributed by atoms with Gasteiger partial charge in [0.25, 0.3) is 10.0 Å². The van der Waals surface area contributed by atoms with Crippen molar-refractivity contribution in [2.24, 2.45) is 11.3 Å². The molecule has 1 saturated carbocycles. The first kappa shape index (κ1) is 22.3. The Bertz CT molecular complexity index is 1150. The van der Waals surface area contributed by atoms with Crippen LogP contribution in [0.1, 0.15) is 44.9 Å². The first-order chi connectivity index (χ1) is 16.1. The van der Waals surface area contributed by atoms with E-state index >= 15 is 0 Å². The van der Waals surface area contributed by atoms with Crippen LogP contribution in [0.5, 0.6) is 0 Å².